The summed E-state index contributed by atoms with van der Waals surface area (Å²) >= 11 is 11.3. The van der Waals surface area contributed by atoms with Gasteiger partial charge in [0, 0.05) is 19.3 Å². The van der Waals surface area contributed by atoms with E-state index in [9.17, 15) is 4.79 Å². The third-order valence-electron chi connectivity index (χ3n) is 1.68. The molecule has 1 aromatic heterocycles. The second kappa shape index (κ2) is 5.90. The molecule has 0 aliphatic heterocycles. The van der Waals surface area contributed by atoms with Crippen LogP contribution >= 0.6 is 23.2 Å². The summed E-state index contributed by atoms with van der Waals surface area (Å²) in [6.45, 7) is 0.454. The van der Waals surface area contributed by atoms with Crippen molar-refractivity contribution in [3.8, 4) is 0 Å². The first-order valence-corrected chi connectivity index (χ1v) is 5.11. The lowest BCUT2D eigenvalue weighted by atomic mass is 10.2. The van der Waals surface area contributed by atoms with Gasteiger partial charge in [-0.25, -0.2) is 4.98 Å². The molecule has 2 N–H and O–H groups in total. The van der Waals surface area contributed by atoms with Crippen LogP contribution in [0, 0.1) is 0 Å². The fraction of sp³-hybridized carbons (Fsp3) is 0.333. The Morgan fingerprint density at radius 1 is 1.53 bits per heavy atom. The van der Waals surface area contributed by atoms with E-state index in [2.05, 4.69) is 10.3 Å². The minimum atomic E-state index is -0.283. The van der Waals surface area contributed by atoms with Gasteiger partial charge >= 0.3 is 0 Å². The lowest BCUT2D eigenvalue weighted by molar-refractivity contribution is 0.0951. The maximum atomic E-state index is 11.4. The molecule has 1 aromatic rings. The van der Waals surface area contributed by atoms with Gasteiger partial charge in [0.2, 0.25) is 0 Å². The molecule has 4 nitrogen and oxygen atoms in total. The number of pyridine rings is 1. The Labute approximate surface area is 97.2 Å². The Bertz CT molecular complexity index is 358. The third-order valence-corrected chi connectivity index (χ3v) is 2.36. The number of aliphatic hydroxyl groups is 1. The van der Waals surface area contributed by atoms with Gasteiger partial charge in [0.05, 0.1) is 10.6 Å². The van der Waals surface area contributed by atoms with Crippen molar-refractivity contribution in [1.82, 2.24) is 10.3 Å². The van der Waals surface area contributed by atoms with E-state index in [-0.39, 0.29) is 22.7 Å². The first-order valence-electron chi connectivity index (χ1n) is 4.35. The second-order valence-corrected chi connectivity index (χ2v) is 3.59. The topological polar surface area (TPSA) is 62.2 Å². The molecule has 0 aliphatic rings. The number of carbonyl (C=O) groups is 1. The molecule has 0 atom stereocenters. The first kappa shape index (κ1) is 12.2. The quantitative estimate of drug-likeness (QED) is 0.627. The van der Waals surface area contributed by atoms with Crippen LogP contribution in [0.3, 0.4) is 0 Å². The summed E-state index contributed by atoms with van der Waals surface area (Å²) in [7, 11) is 0. The van der Waals surface area contributed by atoms with Crippen LogP contribution in [-0.4, -0.2) is 29.1 Å². The van der Waals surface area contributed by atoms with E-state index in [0.29, 0.717) is 18.5 Å². The second-order valence-electron chi connectivity index (χ2n) is 2.83. The summed E-state index contributed by atoms with van der Waals surface area (Å²) in [5.74, 6) is -0.283. The van der Waals surface area contributed by atoms with Gasteiger partial charge < -0.3 is 10.4 Å². The van der Waals surface area contributed by atoms with Crippen molar-refractivity contribution in [2.24, 2.45) is 0 Å². The molecular formula is C9H10Cl2N2O2. The molecule has 0 fully saturated rings. The maximum Gasteiger partial charge on any atom is 0.252 e. The summed E-state index contributed by atoms with van der Waals surface area (Å²) in [5, 5.41) is 11.5. The predicted molar refractivity (Wildman–Crippen MR) is 58.3 cm³/mol. The molecular weight excluding hydrogens is 239 g/mol. The minimum absolute atomic E-state index is 0.0416. The zero-order valence-electron chi connectivity index (χ0n) is 7.83. The Morgan fingerprint density at radius 2 is 2.27 bits per heavy atom. The smallest absolute Gasteiger partial charge is 0.252 e. The van der Waals surface area contributed by atoms with Crippen LogP contribution in [-0.2, 0) is 0 Å². The number of amides is 1. The highest BCUT2D eigenvalue weighted by Gasteiger charge is 2.07. The van der Waals surface area contributed by atoms with Crippen LogP contribution in [0.25, 0.3) is 0 Å². The van der Waals surface area contributed by atoms with Crippen LogP contribution in [0.15, 0.2) is 12.3 Å². The van der Waals surface area contributed by atoms with E-state index in [1.807, 2.05) is 0 Å². The van der Waals surface area contributed by atoms with Crippen LogP contribution < -0.4 is 5.32 Å². The summed E-state index contributed by atoms with van der Waals surface area (Å²) in [4.78, 5) is 15.2. The van der Waals surface area contributed by atoms with Crippen molar-refractivity contribution in [1.29, 1.82) is 0 Å². The largest absolute Gasteiger partial charge is 0.396 e. The van der Waals surface area contributed by atoms with E-state index in [0.717, 1.165) is 0 Å². The molecule has 82 valence electrons. The Hall–Kier alpha value is -0.840. The highest BCUT2D eigenvalue weighted by molar-refractivity contribution is 6.41. The Morgan fingerprint density at radius 3 is 2.87 bits per heavy atom. The van der Waals surface area contributed by atoms with E-state index in [1.54, 1.807) is 0 Å². The molecule has 0 aliphatic carbocycles. The Kier molecular flexibility index (Phi) is 4.81. The number of carbonyl (C=O) groups excluding carboxylic acids is 1. The molecule has 0 saturated heterocycles. The van der Waals surface area contributed by atoms with E-state index in [1.165, 1.54) is 12.3 Å². The molecule has 0 radical (unpaired) electrons. The van der Waals surface area contributed by atoms with Gasteiger partial charge in [-0.1, -0.05) is 23.2 Å². The van der Waals surface area contributed by atoms with Crippen molar-refractivity contribution in [2.45, 2.75) is 6.42 Å². The molecule has 0 spiro atoms. The summed E-state index contributed by atoms with van der Waals surface area (Å²) in [6.07, 6.45) is 1.86. The molecule has 0 aromatic carbocycles. The van der Waals surface area contributed by atoms with Gasteiger partial charge in [-0.05, 0) is 12.5 Å². The summed E-state index contributed by atoms with van der Waals surface area (Å²) < 4.78 is 0. The number of hydrogen-bond donors (Lipinski definition) is 2. The lowest BCUT2D eigenvalue weighted by Crippen LogP contribution is -2.25. The zero-order chi connectivity index (χ0) is 11.3. The maximum absolute atomic E-state index is 11.4. The van der Waals surface area contributed by atoms with Gasteiger partial charge in [0.15, 0.2) is 0 Å². The number of nitrogens with one attached hydrogen (secondary N) is 1. The fourth-order valence-corrected chi connectivity index (χ4v) is 1.20. The molecule has 0 bridgehead atoms. The van der Waals surface area contributed by atoms with Crippen LogP contribution in [0.5, 0.6) is 0 Å². The van der Waals surface area contributed by atoms with Crippen LogP contribution in [0.4, 0.5) is 0 Å². The standard InChI is InChI=1S/C9H10Cl2N2O2/c10-7-4-6(5-13-8(7)11)9(15)12-2-1-3-14/h4-5,14H,1-3H2,(H,12,15). The molecule has 0 saturated carbocycles. The van der Waals surface area contributed by atoms with Crippen LogP contribution in [0.1, 0.15) is 16.8 Å². The van der Waals surface area contributed by atoms with E-state index < -0.39 is 0 Å². The third kappa shape index (κ3) is 3.66. The number of halogens is 2. The number of rotatable bonds is 4. The molecule has 6 heteroatoms. The minimum Gasteiger partial charge on any atom is -0.396 e. The average Bonchev–Trinajstić information content (AvgIpc) is 2.22. The summed E-state index contributed by atoms with van der Waals surface area (Å²) in [6, 6.07) is 1.45. The van der Waals surface area contributed by atoms with Gasteiger partial charge in [-0.15, -0.1) is 0 Å². The number of aliphatic hydroxyl groups excluding tert-OH is 1. The van der Waals surface area contributed by atoms with Crippen molar-refractivity contribution < 1.29 is 9.90 Å². The first-order chi connectivity index (χ1) is 7.15. The number of aromatic nitrogens is 1. The van der Waals surface area contributed by atoms with E-state index in [4.69, 9.17) is 28.3 Å². The number of nitrogens with zero attached hydrogens (tertiary/aromatic N) is 1. The van der Waals surface area contributed by atoms with Crippen molar-refractivity contribution in [2.75, 3.05) is 13.2 Å². The van der Waals surface area contributed by atoms with Crippen molar-refractivity contribution in [3.63, 3.8) is 0 Å². The highest BCUT2D eigenvalue weighted by atomic mass is 35.5. The predicted octanol–water partition coefficient (Wildman–Crippen LogP) is 1.50. The van der Waals surface area contributed by atoms with E-state index >= 15 is 0 Å². The van der Waals surface area contributed by atoms with Crippen LogP contribution in [0.2, 0.25) is 10.2 Å². The van der Waals surface area contributed by atoms with Gasteiger partial charge in [0.25, 0.3) is 5.91 Å². The lowest BCUT2D eigenvalue weighted by Gasteiger charge is -2.04. The van der Waals surface area contributed by atoms with Gasteiger partial charge in [-0.2, -0.15) is 0 Å². The van der Waals surface area contributed by atoms with Crippen molar-refractivity contribution in [3.05, 3.63) is 28.0 Å². The molecule has 15 heavy (non-hydrogen) atoms. The van der Waals surface area contributed by atoms with Gasteiger partial charge in [0.1, 0.15) is 5.15 Å². The fourth-order valence-electron chi connectivity index (χ4n) is 0.928. The molecule has 0 unspecified atom stereocenters. The monoisotopic (exact) mass is 248 g/mol. The average molecular weight is 249 g/mol. The molecule has 1 amide bonds. The zero-order valence-corrected chi connectivity index (χ0v) is 9.35. The highest BCUT2D eigenvalue weighted by Crippen LogP contribution is 2.19. The number of hydrogen-bond acceptors (Lipinski definition) is 3. The summed E-state index contributed by atoms with van der Waals surface area (Å²) in [5.41, 5.74) is 0.349. The molecule has 1 rings (SSSR count). The Balaban J connectivity index is 2.62. The SMILES string of the molecule is O=C(NCCCO)c1cnc(Cl)c(Cl)c1. The molecule has 1 heterocycles. The van der Waals surface area contributed by atoms with Crippen molar-refractivity contribution >= 4 is 29.1 Å². The van der Waals surface area contributed by atoms with Gasteiger partial charge in [-0.3, -0.25) is 4.79 Å². The normalized spacial score (nSPS) is 10.1.